The molecule has 1 rings (SSSR count). The average molecular weight is 249 g/mol. The van der Waals surface area contributed by atoms with Crippen LogP contribution in [0.5, 0.6) is 0 Å². The summed E-state index contributed by atoms with van der Waals surface area (Å²) in [5, 5.41) is 19.9. The lowest BCUT2D eigenvalue weighted by molar-refractivity contribution is -0.758. The van der Waals surface area contributed by atoms with E-state index in [9.17, 15) is 14.9 Å². The molecule has 0 bridgehead atoms. The minimum Gasteiger partial charge on any atom is -0.480 e. The smallest absolute Gasteiger partial charge is 0.317 e. The topological polar surface area (TPSA) is 128 Å². The standard InChI is InChI=1S/C7H14N2O3.C2H5NO2/c10-9(11)12-6-3-7-1-4-8-5-2-7;3-1-2(4)5/h7-8H,1-6H2;1,3H2,(H,4,5). The third-order valence-corrected chi connectivity index (χ3v) is 2.36. The van der Waals surface area contributed by atoms with Crippen molar-refractivity contribution >= 4 is 5.97 Å². The summed E-state index contributed by atoms with van der Waals surface area (Å²) < 4.78 is 0. The molecule has 0 amide bonds. The van der Waals surface area contributed by atoms with Crippen molar-refractivity contribution in [3.8, 4) is 0 Å². The van der Waals surface area contributed by atoms with E-state index in [1.807, 2.05) is 0 Å². The second-order valence-corrected chi connectivity index (χ2v) is 3.64. The van der Waals surface area contributed by atoms with E-state index < -0.39 is 11.1 Å². The molecule has 8 heteroatoms. The van der Waals surface area contributed by atoms with Gasteiger partial charge in [0.25, 0.3) is 5.09 Å². The molecule has 100 valence electrons. The molecule has 0 aromatic rings. The van der Waals surface area contributed by atoms with Gasteiger partial charge in [-0.2, -0.15) is 0 Å². The van der Waals surface area contributed by atoms with Crippen LogP contribution in [-0.4, -0.2) is 42.4 Å². The number of nitrogens with zero attached hydrogens (tertiary/aromatic N) is 1. The number of hydrogen-bond donors (Lipinski definition) is 3. The van der Waals surface area contributed by atoms with Crippen LogP contribution in [0.4, 0.5) is 0 Å². The van der Waals surface area contributed by atoms with Gasteiger partial charge in [0.2, 0.25) is 0 Å². The molecule has 0 spiro atoms. The van der Waals surface area contributed by atoms with Gasteiger partial charge in [-0.05, 0) is 38.3 Å². The summed E-state index contributed by atoms with van der Waals surface area (Å²) in [6, 6.07) is 0. The van der Waals surface area contributed by atoms with Crippen LogP contribution in [0.3, 0.4) is 0 Å². The molecule has 8 nitrogen and oxygen atoms in total. The Balaban J connectivity index is 0.000000437. The quantitative estimate of drug-likeness (QED) is 0.447. The van der Waals surface area contributed by atoms with Gasteiger partial charge in [0.15, 0.2) is 0 Å². The number of carboxylic acids is 1. The monoisotopic (exact) mass is 249 g/mol. The third kappa shape index (κ3) is 10.9. The Labute approximate surface area is 99.2 Å². The minimum absolute atomic E-state index is 0.248. The largest absolute Gasteiger partial charge is 0.480 e. The highest BCUT2D eigenvalue weighted by atomic mass is 16.9. The van der Waals surface area contributed by atoms with E-state index in [0.29, 0.717) is 5.92 Å². The molecule has 17 heavy (non-hydrogen) atoms. The zero-order chi connectivity index (χ0) is 13.1. The van der Waals surface area contributed by atoms with Crippen LogP contribution in [0.15, 0.2) is 0 Å². The second kappa shape index (κ2) is 9.79. The van der Waals surface area contributed by atoms with E-state index in [0.717, 1.165) is 32.4 Å². The van der Waals surface area contributed by atoms with Crippen LogP contribution in [0.1, 0.15) is 19.3 Å². The molecule has 1 saturated heterocycles. The maximum absolute atomic E-state index is 9.81. The first-order valence-electron chi connectivity index (χ1n) is 5.46. The highest BCUT2D eigenvalue weighted by Crippen LogP contribution is 2.15. The molecule has 4 N–H and O–H groups in total. The SMILES string of the molecule is NCC(=O)O.O=[N+]([O-])OCCC1CCNCC1. The number of piperidine rings is 1. The first-order chi connectivity index (χ1) is 8.06. The number of carboxylic acid groups (broad SMARTS) is 1. The lowest BCUT2D eigenvalue weighted by Crippen LogP contribution is -2.28. The first-order valence-corrected chi connectivity index (χ1v) is 5.46. The van der Waals surface area contributed by atoms with Crippen molar-refractivity contribution in [2.75, 3.05) is 26.2 Å². The van der Waals surface area contributed by atoms with Crippen molar-refractivity contribution in [1.82, 2.24) is 5.32 Å². The van der Waals surface area contributed by atoms with Crippen molar-refractivity contribution in [1.29, 1.82) is 0 Å². The number of nitrogens with two attached hydrogens (primary N) is 1. The van der Waals surface area contributed by atoms with Crippen LogP contribution >= 0.6 is 0 Å². The molecule has 1 aliphatic heterocycles. The van der Waals surface area contributed by atoms with Crippen molar-refractivity contribution in [2.45, 2.75) is 19.3 Å². The summed E-state index contributed by atoms with van der Waals surface area (Å²) in [7, 11) is 0. The maximum atomic E-state index is 9.81. The summed E-state index contributed by atoms with van der Waals surface area (Å²) in [6.45, 7) is 2.03. The van der Waals surface area contributed by atoms with Crippen molar-refractivity contribution in [3.63, 3.8) is 0 Å². The lowest BCUT2D eigenvalue weighted by atomic mass is 9.95. The predicted molar refractivity (Wildman–Crippen MR) is 59.8 cm³/mol. The number of hydrogen-bond acceptors (Lipinski definition) is 6. The van der Waals surface area contributed by atoms with Crippen molar-refractivity contribution < 1.29 is 19.8 Å². The van der Waals surface area contributed by atoms with E-state index in [2.05, 4.69) is 15.9 Å². The molecule has 1 heterocycles. The van der Waals surface area contributed by atoms with E-state index >= 15 is 0 Å². The highest BCUT2D eigenvalue weighted by molar-refractivity contribution is 5.68. The Morgan fingerprint density at radius 2 is 2.06 bits per heavy atom. The Hall–Kier alpha value is -1.41. The predicted octanol–water partition coefficient (Wildman–Crippen LogP) is -0.386. The van der Waals surface area contributed by atoms with Crippen LogP contribution in [0.25, 0.3) is 0 Å². The Morgan fingerprint density at radius 1 is 1.53 bits per heavy atom. The van der Waals surface area contributed by atoms with E-state index in [1.54, 1.807) is 0 Å². The summed E-state index contributed by atoms with van der Waals surface area (Å²) in [5.41, 5.74) is 4.57. The Bertz CT molecular complexity index is 231. The number of aliphatic carboxylic acids is 1. The first kappa shape index (κ1) is 15.6. The van der Waals surface area contributed by atoms with Gasteiger partial charge >= 0.3 is 5.97 Å². The number of nitrogens with one attached hydrogen (secondary N) is 1. The van der Waals surface area contributed by atoms with Gasteiger partial charge in [0.1, 0.15) is 0 Å². The zero-order valence-corrected chi connectivity index (χ0v) is 9.63. The fourth-order valence-corrected chi connectivity index (χ4v) is 1.46. The highest BCUT2D eigenvalue weighted by Gasteiger charge is 2.12. The van der Waals surface area contributed by atoms with Gasteiger partial charge in [-0.3, -0.25) is 4.79 Å². The van der Waals surface area contributed by atoms with E-state index in [4.69, 9.17) is 5.11 Å². The molecule has 1 fully saturated rings. The van der Waals surface area contributed by atoms with Gasteiger partial charge in [-0.25, -0.2) is 0 Å². The molecule has 0 saturated carbocycles. The van der Waals surface area contributed by atoms with Crippen LogP contribution in [0.2, 0.25) is 0 Å². The van der Waals surface area contributed by atoms with E-state index in [-0.39, 0.29) is 13.2 Å². The minimum atomic E-state index is -0.968. The maximum Gasteiger partial charge on any atom is 0.317 e. The Kier molecular flexibility index (Phi) is 8.98. The van der Waals surface area contributed by atoms with Crippen LogP contribution < -0.4 is 11.1 Å². The van der Waals surface area contributed by atoms with Crippen LogP contribution in [-0.2, 0) is 9.63 Å². The average Bonchev–Trinajstić information content (AvgIpc) is 2.30. The molecule has 0 unspecified atom stereocenters. The van der Waals surface area contributed by atoms with Gasteiger partial charge in [0, 0.05) is 0 Å². The molecule has 0 aromatic heterocycles. The fourth-order valence-electron chi connectivity index (χ4n) is 1.46. The molecule has 0 aliphatic carbocycles. The molecular weight excluding hydrogens is 230 g/mol. The van der Waals surface area contributed by atoms with Crippen molar-refractivity contribution in [3.05, 3.63) is 10.1 Å². The van der Waals surface area contributed by atoms with Crippen LogP contribution in [0, 0.1) is 16.0 Å². The lowest BCUT2D eigenvalue weighted by Gasteiger charge is -2.21. The molecule has 0 aromatic carbocycles. The summed E-state index contributed by atoms with van der Waals surface area (Å²) in [5.74, 6) is -0.365. The van der Waals surface area contributed by atoms with Gasteiger partial charge in [-0.1, -0.05) is 0 Å². The molecular formula is C9H19N3O5. The fraction of sp³-hybridized carbons (Fsp3) is 0.889. The molecule has 1 aliphatic rings. The Morgan fingerprint density at radius 3 is 2.47 bits per heavy atom. The van der Waals surface area contributed by atoms with Gasteiger partial charge < -0.3 is 21.0 Å². The normalized spacial score (nSPS) is 15.6. The van der Waals surface area contributed by atoms with Crippen molar-refractivity contribution in [2.24, 2.45) is 11.7 Å². The van der Waals surface area contributed by atoms with Gasteiger partial charge in [-0.15, -0.1) is 10.1 Å². The third-order valence-electron chi connectivity index (χ3n) is 2.36. The summed E-state index contributed by atoms with van der Waals surface area (Å²) >= 11 is 0. The second-order valence-electron chi connectivity index (χ2n) is 3.64. The zero-order valence-electron chi connectivity index (χ0n) is 9.63. The molecule has 0 atom stereocenters. The van der Waals surface area contributed by atoms with Gasteiger partial charge in [0.05, 0.1) is 13.2 Å². The molecule has 0 radical (unpaired) electrons. The number of carbonyl (C=O) groups is 1. The number of rotatable bonds is 5. The van der Waals surface area contributed by atoms with E-state index in [1.165, 1.54) is 0 Å². The summed E-state index contributed by atoms with van der Waals surface area (Å²) in [4.78, 5) is 23.3. The summed E-state index contributed by atoms with van der Waals surface area (Å²) in [6.07, 6.45) is 3.03.